The molecular formula is C21H27N3O2. The summed E-state index contributed by atoms with van der Waals surface area (Å²) >= 11 is 0. The van der Waals surface area contributed by atoms with Crippen LogP contribution in [0.2, 0.25) is 0 Å². The molecule has 0 aliphatic carbocycles. The summed E-state index contributed by atoms with van der Waals surface area (Å²) < 4.78 is 5.43. The van der Waals surface area contributed by atoms with Crippen LogP contribution < -0.4 is 11.1 Å². The molecule has 5 heteroatoms. The molecule has 3 N–H and O–H groups in total. The van der Waals surface area contributed by atoms with Crippen molar-refractivity contribution < 1.29 is 9.53 Å². The third kappa shape index (κ3) is 4.62. The fraction of sp³-hybridized carbons (Fsp3) is 0.381. The van der Waals surface area contributed by atoms with Crippen molar-refractivity contribution in [2.24, 2.45) is 0 Å². The number of hydrogen-bond donors (Lipinski definition) is 2. The van der Waals surface area contributed by atoms with E-state index in [9.17, 15) is 4.79 Å². The number of carbonyl (C=O) groups is 1. The highest BCUT2D eigenvalue weighted by Crippen LogP contribution is 2.21. The largest absolute Gasteiger partial charge is 0.397 e. The van der Waals surface area contributed by atoms with Crippen LogP contribution in [0.1, 0.15) is 34.3 Å². The van der Waals surface area contributed by atoms with Crippen molar-refractivity contribution in [3.63, 3.8) is 0 Å². The molecule has 1 heterocycles. The zero-order chi connectivity index (χ0) is 18.5. The van der Waals surface area contributed by atoms with Crippen LogP contribution in [-0.2, 0) is 11.3 Å². The maximum Gasteiger partial charge on any atom is 0.255 e. The summed E-state index contributed by atoms with van der Waals surface area (Å²) in [6.45, 7) is 4.53. The highest BCUT2D eigenvalue weighted by Gasteiger charge is 2.18. The molecule has 5 nitrogen and oxygen atoms in total. The summed E-state index contributed by atoms with van der Waals surface area (Å²) in [5.41, 5.74) is 10.1. The number of amides is 1. The van der Waals surface area contributed by atoms with Gasteiger partial charge in [0.1, 0.15) is 0 Å². The summed E-state index contributed by atoms with van der Waals surface area (Å²) in [5.74, 6) is -0.148. The maximum atomic E-state index is 12.4. The van der Waals surface area contributed by atoms with Crippen molar-refractivity contribution in [1.29, 1.82) is 0 Å². The van der Waals surface area contributed by atoms with Gasteiger partial charge in [0.05, 0.1) is 11.4 Å². The molecule has 0 unspecified atom stereocenters. The van der Waals surface area contributed by atoms with E-state index in [1.165, 1.54) is 5.56 Å². The Hall–Kier alpha value is -2.37. The van der Waals surface area contributed by atoms with Crippen molar-refractivity contribution in [1.82, 2.24) is 4.90 Å². The predicted molar refractivity (Wildman–Crippen MR) is 105 cm³/mol. The number of carbonyl (C=O) groups excluding carboxylic acids is 1. The number of rotatable bonds is 5. The van der Waals surface area contributed by atoms with Crippen molar-refractivity contribution >= 4 is 17.3 Å². The van der Waals surface area contributed by atoms with Gasteiger partial charge in [-0.3, -0.25) is 9.69 Å². The lowest BCUT2D eigenvalue weighted by Gasteiger charge is -2.31. The predicted octanol–water partition coefficient (Wildman–Crippen LogP) is 3.44. The number of nitrogens with two attached hydrogens (primary N) is 1. The van der Waals surface area contributed by atoms with E-state index in [0.29, 0.717) is 23.0 Å². The standard InChI is InChI=1S/C21H27N3O2/c1-15-3-8-20(19(22)13-15)23-21(25)17-6-4-16(5-7-17)14-24(2)18-9-11-26-12-10-18/h3-8,13,18H,9-12,14,22H2,1-2H3,(H,23,25). The van der Waals surface area contributed by atoms with Gasteiger partial charge in [-0.25, -0.2) is 0 Å². The third-order valence-corrected chi connectivity index (χ3v) is 4.92. The first-order chi connectivity index (χ1) is 12.5. The van der Waals surface area contributed by atoms with E-state index in [1.807, 2.05) is 49.4 Å². The fourth-order valence-corrected chi connectivity index (χ4v) is 3.29. The van der Waals surface area contributed by atoms with Gasteiger partial charge >= 0.3 is 0 Å². The lowest BCUT2D eigenvalue weighted by Crippen LogP contribution is -2.36. The van der Waals surface area contributed by atoms with Crippen LogP contribution in [0.3, 0.4) is 0 Å². The van der Waals surface area contributed by atoms with Gasteiger partial charge in [-0.05, 0) is 62.2 Å². The van der Waals surface area contributed by atoms with E-state index in [4.69, 9.17) is 10.5 Å². The number of nitrogens with zero attached hydrogens (tertiary/aromatic N) is 1. The molecule has 3 rings (SSSR count). The van der Waals surface area contributed by atoms with Gasteiger partial charge in [0, 0.05) is 31.4 Å². The molecule has 0 saturated carbocycles. The second-order valence-corrected chi connectivity index (χ2v) is 7.00. The Bertz CT molecular complexity index is 752. The summed E-state index contributed by atoms with van der Waals surface area (Å²) in [7, 11) is 2.15. The second-order valence-electron chi connectivity index (χ2n) is 7.00. The van der Waals surface area contributed by atoms with Crippen LogP contribution in [-0.4, -0.2) is 37.1 Å². The Kier molecular flexibility index (Phi) is 5.91. The molecule has 0 spiro atoms. The first kappa shape index (κ1) is 18.4. The summed E-state index contributed by atoms with van der Waals surface area (Å²) in [6.07, 6.45) is 2.16. The van der Waals surface area contributed by atoms with Crippen LogP contribution in [0, 0.1) is 6.92 Å². The van der Waals surface area contributed by atoms with Gasteiger partial charge in [0.2, 0.25) is 0 Å². The number of anilines is 2. The SMILES string of the molecule is Cc1ccc(NC(=O)c2ccc(CN(C)C3CCOCC3)cc2)c(N)c1. The van der Waals surface area contributed by atoms with Crippen LogP contribution in [0.25, 0.3) is 0 Å². The normalized spacial score (nSPS) is 15.2. The molecule has 1 aliphatic rings. The van der Waals surface area contributed by atoms with Crippen molar-refractivity contribution in [3.05, 3.63) is 59.2 Å². The Morgan fingerprint density at radius 3 is 2.54 bits per heavy atom. The van der Waals surface area contributed by atoms with Crippen LogP contribution in [0.4, 0.5) is 11.4 Å². The summed E-state index contributed by atoms with van der Waals surface area (Å²) in [4.78, 5) is 14.8. The monoisotopic (exact) mass is 353 g/mol. The molecule has 0 atom stereocenters. The molecule has 0 bridgehead atoms. The number of benzene rings is 2. The van der Waals surface area contributed by atoms with Gasteiger partial charge in [0.25, 0.3) is 5.91 Å². The summed E-state index contributed by atoms with van der Waals surface area (Å²) in [6, 6.07) is 14.0. The molecule has 0 radical (unpaired) electrons. The highest BCUT2D eigenvalue weighted by molar-refractivity contribution is 6.05. The summed E-state index contributed by atoms with van der Waals surface area (Å²) in [5, 5.41) is 2.88. The number of nitrogens with one attached hydrogen (secondary N) is 1. The molecule has 2 aromatic carbocycles. The highest BCUT2D eigenvalue weighted by atomic mass is 16.5. The van der Waals surface area contributed by atoms with E-state index in [1.54, 1.807) is 0 Å². The quantitative estimate of drug-likeness (QED) is 0.808. The van der Waals surface area contributed by atoms with Gasteiger partial charge in [-0.15, -0.1) is 0 Å². The van der Waals surface area contributed by atoms with E-state index in [-0.39, 0.29) is 5.91 Å². The smallest absolute Gasteiger partial charge is 0.255 e. The number of hydrogen-bond acceptors (Lipinski definition) is 4. The Morgan fingerprint density at radius 1 is 1.19 bits per heavy atom. The fourth-order valence-electron chi connectivity index (χ4n) is 3.29. The Labute approximate surface area is 155 Å². The average molecular weight is 353 g/mol. The van der Waals surface area contributed by atoms with Crippen LogP contribution in [0.15, 0.2) is 42.5 Å². The number of nitrogen functional groups attached to an aromatic ring is 1. The molecule has 1 fully saturated rings. The van der Waals surface area contributed by atoms with Gasteiger partial charge < -0.3 is 15.8 Å². The molecule has 1 amide bonds. The minimum absolute atomic E-state index is 0.148. The molecule has 26 heavy (non-hydrogen) atoms. The van der Waals surface area contributed by atoms with Gasteiger partial charge in [-0.2, -0.15) is 0 Å². The topological polar surface area (TPSA) is 67.6 Å². The molecular weight excluding hydrogens is 326 g/mol. The number of aryl methyl sites for hydroxylation is 1. The first-order valence-electron chi connectivity index (χ1n) is 9.07. The van der Waals surface area contributed by atoms with Crippen molar-refractivity contribution in [2.75, 3.05) is 31.3 Å². The van der Waals surface area contributed by atoms with Crippen molar-refractivity contribution in [2.45, 2.75) is 32.4 Å². The van der Waals surface area contributed by atoms with E-state index in [0.717, 1.165) is 38.2 Å². The van der Waals surface area contributed by atoms with Crippen LogP contribution in [0.5, 0.6) is 0 Å². The minimum atomic E-state index is -0.148. The third-order valence-electron chi connectivity index (χ3n) is 4.92. The van der Waals surface area contributed by atoms with Crippen molar-refractivity contribution in [3.8, 4) is 0 Å². The maximum absolute atomic E-state index is 12.4. The zero-order valence-corrected chi connectivity index (χ0v) is 15.5. The van der Waals surface area contributed by atoms with E-state index >= 15 is 0 Å². The Morgan fingerprint density at radius 2 is 1.88 bits per heavy atom. The second kappa shape index (κ2) is 8.34. The zero-order valence-electron chi connectivity index (χ0n) is 15.5. The average Bonchev–Trinajstić information content (AvgIpc) is 2.65. The molecule has 138 valence electrons. The first-order valence-corrected chi connectivity index (χ1v) is 9.07. The molecule has 1 aliphatic heterocycles. The number of ether oxygens (including phenoxy) is 1. The van der Waals surface area contributed by atoms with E-state index in [2.05, 4.69) is 17.3 Å². The molecule has 2 aromatic rings. The minimum Gasteiger partial charge on any atom is -0.397 e. The van der Waals surface area contributed by atoms with E-state index < -0.39 is 0 Å². The Balaban J connectivity index is 1.60. The van der Waals surface area contributed by atoms with Gasteiger partial charge in [-0.1, -0.05) is 18.2 Å². The molecule has 0 aromatic heterocycles. The van der Waals surface area contributed by atoms with Crippen LogP contribution >= 0.6 is 0 Å². The molecule has 1 saturated heterocycles. The lowest BCUT2D eigenvalue weighted by molar-refractivity contribution is 0.0407. The lowest BCUT2D eigenvalue weighted by atomic mass is 10.1. The van der Waals surface area contributed by atoms with Gasteiger partial charge in [0.15, 0.2) is 0 Å².